The average molecular weight is 330 g/mol. The molecule has 0 bridgehead atoms. The van der Waals surface area contributed by atoms with Gasteiger partial charge in [0.05, 0.1) is 29.5 Å². The Morgan fingerprint density at radius 2 is 1.83 bits per heavy atom. The Morgan fingerprint density at radius 1 is 1.17 bits per heavy atom. The van der Waals surface area contributed by atoms with E-state index in [2.05, 4.69) is 56.7 Å². The molecular formula is C18H27BN2O3. The van der Waals surface area contributed by atoms with Crippen molar-refractivity contribution in [1.82, 2.24) is 9.78 Å². The summed E-state index contributed by atoms with van der Waals surface area (Å²) in [4.78, 5) is 0. The summed E-state index contributed by atoms with van der Waals surface area (Å²) in [6, 6.07) is 0.589. The van der Waals surface area contributed by atoms with Gasteiger partial charge in [0.15, 0.2) is 0 Å². The van der Waals surface area contributed by atoms with Crippen molar-refractivity contribution >= 4 is 7.12 Å². The van der Waals surface area contributed by atoms with Gasteiger partial charge in [0.1, 0.15) is 6.10 Å². The second kappa shape index (κ2) is 5.45. The zero-order valence-electron chi connectivity index (χ0n) is 15.3. The van der Waals surface area contributed by atoms with E-state index >= 15 is 0 Å². The molecule has 0 amide bonds. The summed E-state index contributed by atoms with van der Waals surface area (Å²) in [6.45, 7) is 10.5. The van der Waals surface area contributed by atoms with E-state index < -0.39 is 0 Å². The molecule has 1 saturated carbocycles. The molecule has 0 aromatic carbocycles. The van der Waals surface area contributed by atoms with Crippen molar-refractivity contribution in [2.45, 2.75) is 83.3 Å². The highest BCUT2D eigenvalue weighted by Gasteiger charge is 2.52. The second-order valence-electron chi connectivity index (χ2n) is 8.39. The fourth-order valence-electron chi connectivity index (χ4n) is 3.31. The molecule has 3 aliphatic rings. The summed E-state index contributed by atoms with van der Waals surface area (Å²) < 4.78 is 20.7. The number of ether oxygens (including phenoxy) is 1. The maximum atomic E-state index is 6.22. The molecule has 0 spiro atoms. The first-order chi connectivity index (χ1) is 11.2. The molecule has 2 fully saturated rings. The van der Waals surface area contributed by atoms with Crippen LogP contribution in [0.5, 0.6) is 0 Å². The Kier molecular flexibility index (Phi) is 3.71. The van der Waals surface area contributed by atoms with Crippen molar-refractivity contribution < 1.29 is 14.0 Å². The summed E-state index contributed by atoms with van der Waals surface area (Å²) in [6.07, 6.45) is 9.59. The molecule has 3 heterocycles. The maximum absolute atomic E-state index is 6.22. The van der Waals surface area contributed by atoms with Gasteiger partial charge in [-0.1, -0.05) is 6.08 Å². The summed E-state index contributed by atoms with van der Waals surface area (Å²) in [5.74, 6) is 0. The smallest absolute Gasteiger partial charge is 0.400 e. The van der Waals surface area contributed by atoms with Crippen LogP contribution in [0.15, 0.2) is 23.9 Å². The fourth-order valence-corrected chi connectivity index (χ4v) is 3.31. The van der Waals surface area contributed by atoms with Crippen LogP contribution in [0.3, 0.4) is 0 Å². The van der Waals surface area contributed by atoms with Gasteiger partial charge in [0.2, 0.25) is 0 Å². The molecule has 1 saturated heterocycles. The quantitative estimate of drug-likeness (QED) is 0.794. The van der Waals surface area contributed by atoms with E-state index in [0.29, 0.717) is 6.04 Å². The van der Waals surface area contributed by atoms with Crippen LogP contribution < -0.4 is 0 Å². The standard InChI is InChI=1S/C18H27BN2O3/c1-12-8-14(19-23-17(2,3)18(4,5)24-19)9-16(22-12)13-10-20-21(11-13)15-6-7-15/h9-12,15-16H,6-8H2,1-5H3. The van der Waals surface area contributed by atoms with Gasteiger partial charge in [0.25, 0.3) is 0 Å². The highest BCUT2D eigenvalue weighted by Crippen LogP contribution is 2.42. The van der Waals surface area contributed by atoms with Gasteiger partial charge in [-0.15, -0.1) is 0 Å². The summed E-state index contributed by atoms with van der Waals surface area (Å²) in [7, 11) is -0.290. The third kappa shape index (κ3) is 2.85. The van der Waals surface area contributed by atoms with E-state index in [0.717, 1.165) is 12.0 Å². The van der Waals surface area contributed by atoms with Crippen LogP contribution in [0.25, 0.3) is 0 Å². The summed E-state index contributed by atoms with van der Waals surface area (Å²) >= 11 is 0. The molecule has 5 nitrogen and oxygen atoms in total. The topological polar surface area (TPSA) is 45.5 Å². The molecular weight excluding hydrogens is 303 g/mol. The average Bonchev–Trinajstić information content (AvgIpc) is 3.17. The Bertz CT molecular complexity index is 647. The molecule has 0 radical (unpaired) electrons. The van der Waals surface area contributed by atoms with E-state index in [1.54, 1.807) is 0 Å². The van der Waals surface area contributed by atoms with E-state index in [-0.39, 0.29) is 30.5 Å². The molecule has 4 rings (SSSR count). The van der Waals surface area contributed by atoms with Crippen molar-refractivity contribution in [3.8, 4) is 0 Å². The summed E-state index contributed by atoms with van der Waals surface area (Å²) in [5, 5.41) is 4.49. The minimum absolute atomic E-state index is 0.0738. The predicted molar refractivity (Wildman–Crippen MR) is 92.6 cm³/mol. The van der Waals surface area contributed by atoms with Gasteiger partial charge >= 0.3 is 7.12 Å². The highest BCUT2D eigenvalue weighted by atomic mass is 16.7. The molecule has 24 heavy (non-hydrogen) atoms. The highest BCUT2D eigenvalue weighted by molar-refractivity contribution is 6.54. The first-order valence-electron chi connectivity index (χ1n) is 9.01. The Morgan fingerprint density at radius 3 is 2.46 bits per heavy atom. The van der Waals surface area contributed by atoms with E-state index in [9.17, 15) is 0 Å². The monoisotopic (exact) mass is 330 g/mol. The summed E-state index contributed by atoms with van der Waals surface area (Å²) in [5.41, 5.74) is 1.66. The third-order valence-electron chi connectivity index (χ3n) is 5.69. The SMILES string of the molecule is CC1CC(B2OC(C)(C)C(C)(C)O2)=CC(c2cnn(C3CC3)c2)O1. The lowest BCUT2D eigenvalue weighted by molar-refractivity contribution is 0.00578. The number of hydrogen-bond donors (Lipinski definition) is 0. The van der Waals surface area contributed by atoms with E-state index in [1.807, 2.05) is 6.20 Å². The molecule has 2 unspecified atom stereocenters. The minimum atomic E-state index is -0.313. The number of rotatable bonds is 3. The van der Waals surface area contributed by atoms with Crippen LogP contribution in [-0.4, -0.2) is 34.2 Å². The Labute approximate surface area is 144 Å². The first kappa shape index (κ1) is 16.4. The van der Waals surface area contributed by atoms with Crippen molar-refractivity contribution in [3.05, 3.63) is 29.5 Å². The van der Waals surface area contributed by atoms with Gasteiger partial charge in [-0.3, -0.25) is 4.68 Å². The van der Waals surface area contributed by atoms with Crippen molar-refractivity contribution in [2.24, 2.45) is 0 Å². The molecule has 2 aliphatic heterocycles. The van der Waals surface area contributed by atoms with Gasteiger partial charge in [0, 0.05) is 11.8 Å². The van der Waals surface area contributed by atoms with Crippen molar-refractivity contribution in [2.75, 3.05) is 0 Å². The minimum Gasteiger partial charge on any atom is -0.400 e. The third-order valence-corrected chi connectivity index (χ3v) is 5.69. The van der Waals surface area contributed by atoms with Crippen LogP contribution in [0, 0.1) is 0 Å². The molecule has 130 valence electrons. The second-order valence-corrected chi connectivity index (χ2v) is 8.39. The zero-order valence-corrected chi connectivity index (χ0v) is 15.3. The fraction of sp³-hybridized carbons (Fsp3) is 0.722. The van der Waals surface area contributed by atoms with Crippen LogP contribution >= 0.6 is 0 Å². The van der Waals surface area contributed by atoms with E-state index in [1.165, 1.54) is 18.3 Å². The number of hydrogen-bond acceptors (Lipinski definition) is 4. The lowest BCUT2D eigenvalue weighted by Crippen LogP contribution is -2.41. The van der Waals surface area contributed by atoms with Gasteiger partial charge in [-0.25, -0.2) is 0 Å². The van der Waals surface area contributed by atoms with Crippen molar-refractivity contribution in [1.29, 1.82) is 0 Å². The molecule has 0 N–H and O–H groups in total. The van der Waals surface area contributed by atoms with Crippen molar-refractivity contribution in [3.63, 3.8) is 0 Å². The first-order valence-corrected chi connectivity index (χ1v) is 9.01. The largest absolute Gasteiger partial charge is 0.490 e. The lowest BCUT2D eigenvalue weighted by Gasteiger charge is -2.32. The van der Waals surface area contributed by atoms with Gasteiger partial charge in [-0.05, 0) is 59.4 Å². The molecule has 2 atom stereocenters. The van der Waals surface area contributed by atoms with Crippen LogP contribution in [0.4, 0.5) is 0 Å². The lowest BCUT2D eigenvalue weighted by atomic mass is 9.73. The van der Waals surface area contributed by atoms with Crippen LogP contribution in [0.2, 0.25) is 0 Å². The normalized spacial score (nSPS) is 32.0. The van der Waals surface area contributed by atoms with Gasteiger partial charge in [-0.2, -0.15) is 5.10 Å². The van der Waals surface area contributed by atoms with Gasteiger partial charge < -0.3 is 14.0 Å². The Hall–Kier alpha value is -1.11. The zero-order chi connectivity index (χ0) is 17.1. The molecule has 6 heteroatoms. The number of nitrogens with zero attached hydrogens (tertiary/aromatic N) is 2. The molecule has 1 aromatic heterocycles. The molecule has 1 aromatic rings. The maximum Gasteiger partial charge on any atom is 0.490 e. The van der Waals surface area contributed by atoms with Crippen LogP contribution in [-0.2, 0) is 14.0 Å². The Balaban J connectivity index is 1.57. The predicted octanol–water partition coefficient (Wildman–Crippen LogP) is 3.63. The van der Waals surface area contributed by atoms with E-state index in [4.69, 9.17) is 14.0 Å². The molecule has 1 aliphatic carbocycles. The number of aromatic nitrogens is 2. The van der Waals surface area contributed by atoms with Crippen LogP contribution in [0.1, 0.15) is 71.6 Å².